The van der Waals surface area contributed by atoms with Crippen molar-refractivity contribution in [3.05, 3.63) is 60.7 Å². The van der Waals surface area contributed by atoms with Gasteiger partial charge in [-0.2, -0.15) is 0 Å². The van der Waals surface area contributed by atoms with Crippen molar-refractivity contribution in [3.8, 4) is 17.1 Å². The molecule has 0 aliphatic heterocycles. The summed E-state index contributed by atoms with van der Waals surface area (Å²) in [7, 11) is 4.16. The number of hydrogen-bond donors (Lipinski definition) is 2. The fraction of sp³-hybridized carbons (Fsp3) is 0.304. The topological polar surface area (TPSA) is 62.3 Å². The van der Waals surface area contributed by atoms with Gasteiger partial charge in [0.2, 0.25) is 0 Å². The number of rotatable bonds is 10. The minimum Gasteiger partial charge on any atom is -0.492 e. The summed E-state index contributed by atoms with van der Waals surface area (Å²) < 4.78 is 5.73. The first kappa shape index (κ1) is 20.6. The van der Waals surface area contributed by atoms with Gasteiger partial charge in [0.25, 0.3) is 0 Å². The van der Waals surface area contributed by atoms with E-state index in [-0.39, 0.29) is 0 Å². The lowest BCUT2D eigenvalue weighted by atomic mass is 10.2. The lowest BCUT2D eigenvalue weighted by molar-refractivity contribution is 0.342. The molecule has 0 unspecified atom stereocenters. The van der Waals surface area contributed by atoms with E-state index >= 15 is 0 Å². The highest BCUT2D eigenvalue weighted by atomic mass is 16.5. The monoisotopic (exact) mass is 391 g/mol. The van der Waals surface area contributed by atoms with Gasteiger partial charge in [0, 0.05) is 18.2 Å². The van der Waals surface area contributed by atoms with Crippen LogP contribution in [0.25, 0.3) is 11.4 Å². The van der Waals surface area contributed by atoms with Gasteiger partial charge in [-0.3, -0.25) is 0 Å². The van der Waals surface area contributed by atoms with Gasteiger partial charge in [0.1, 0.15) is 17.4 Å². The van der Waals surface area contributed by atoms with Crippen LogP contribution in [0.5, 0.6) is 5.75 Å². The van der Waals surface area contributed by atoms with Gasteiger partial charge >= 0.3 is 0 Å². The van der Waals surface area contributed by atoms with E-state index in [9.17, 15) is 0 Å². The molecule has 0 bridgehead atoms. The molecule has 1 heterocycles. The molecule has 2 N–H and O–H groups in total. The first-order valence-electron chi connectivity index (χ1n) is 9.97. The highest BCUT2D eigenvalue weighted by molar-refractivity contribution is 5.68. The van der Waals surface area contributed by atoms with Crippen molar-refractivity contribution in [2.24, 2.45) is 0 Å². The molecule has 1 aromatic heterocycles. The van der Waals surface area contributed by atoms with Crippen LogP contribution in [-0.4, -0.2) is 48.7 Å². The number of anilines is 3. The van der Waals surface area contributed by atoms with Crippen LogP contribution in [0.3, 0.4) is 0 Å². The Morgan fingerprint density at radius 3 is 2.41 bits per heavy atom. The maximum atomic E-state index is 5.73. The normalized spacial score (nSPS) is 10.8. The van der Waals surface area contributed by atoms with Gasteiger partial charge in [-0.1, -0.05) is 42.5 Å². The van der Waals surface area contributed by atoms with E-state index in [1.54, 1.807) is 0 Å². The lowest BCUT2D eigenvalue weighted by Crippen LogP contribution is -2.16. The smallest absolute Gasteiger partial charge is 0.163 e. The molecule has 2 aromatic carbocycles. The second-order valence-electron chi connectivity index (χ2n) is 6.97. The molecular weight excluding hydrogens is 362 g/mol. The third-order valence-electron chi connectivity index (χ3n) is 4.30. The standard InChI is InChI=1S/C23H29N5O/c1-4-29-20-14-9-8-13-19(20)25-22-17-21(24-15-10-16-28(2)3)26-23(27-22)18-11-6-5-7-12-18/h5-9,11-14,17H,4,10,15-16H2,1-3H3,(H2,24,25,26,27). The van der Waals surface area contributed by atoms with Gasteiger partial charge in [0.05, 0.1) is 12.3 Å². The first-order valence-corrected chi connectivity index (χ1v) is 9.97. The molecule has 0 radical (unpaired) electrons. The predicted molar refractivity (Wildman–Crippen MR) is 120 cm³/mol. The summed E-state index contributed by atoms with van der Waals surface area (Å²) >= 11 is 0. The number of hydrogen-bond acceptors (Lipinski definition) is 6. The highest BCUT2D eigenvalue weighted by Gasteiger charge is 2.09. The second-order valence-corrected chi connectivity index (χ2v) is 6.97. The van der Waals surface area contributed by atoms with Crippen LogP contribution in [0, 0.1) is 0 Å². The Morgan fingerprint density at radius 1 is 0.931 bits per heavy atom. The number of nitrogens with zero attached hydrogens (tertiary/aromatic N) is 3. The molecule has 152 valence electrons. The van der Waals surface area contributed by atoms with Crippen molar-refractivity contribution in [3.63, 3.8) is 0 Å². The van der Waals surface area contributed by atoms with E-state index < -0.39 is 0 Å². The summed E-state index contributed by atoms with van der Waals surface area (Å²) in [5.74, 6) is 3.00. The van der Waals surface area contributed by atoms with Crippen LogP contribution in [-0.2, 0) is 0 Å². The van der Waals surface area contributed by atoms with Crippen LogP contribution in [0.15, 0.2) is 60.7 Å². The number of ether oxygens (including phenoxy) is 1. The average molecular weight is 392 g/mol. The van der Waals surface area contributed by atoms with E-state index in [1.165, 1.54) is 0 Å². The van der Waals surface area contributed by atoms with Crippen molar-refractivity contribution < 1.29 is 4.74 Å². The van der Waals surface area contributed by atoms with Crippen molar-refractivity contribution in [2.45, 2.75) is 13.3 Å². The molecule has 0 saturated heterocycles. The first-order chi connectivity index (χ1) is 14.2. The molecule has 0 amide bonds. The van der Waals surface area contributed by atoms with E-state index in [1.807, 2.05) is 67.6 Å². The quantitative estimate of drug-likeness (QED) is 0.491. The van der Waals surface area contributed by atoms with E-state index in [0.29, 0.717) is 12.4 Å². The zero-order valence-corrected chi connectivity index (χ0v) is 17.4. The van der Waals surface area contributed by atoms with Crippen LogP contribution in [0.1, 0.15) is 13.3 Å². The Bertz CT molecular complexity index is 899. The van der Waals surface area contributed by atoms with Crippen molar-refractivity contribution in [1.29, 1.82) is 0 Å². The van der Waals surface area contributed by atoms with Crippen LogP contribution < -0.4 is 15.4 Å². The van der Waals surface area contributed by atoms with Gasteiger partial charge < -0.3 is 20.3 Å². The molecule has 0 fully saturated rings. The fourth-order valence-electron chi connectivity index (χ4n) is 2.92. The van der Waals surface area contributed by atoms with Crippen molar-refractivity contribution in [2.75, 3.05) is 44.4 Å². The Labute approximate surface area is 173 Å². The number of benzene rings is 2. The molecule has 0 atom stereocenters. The average Bonchev–Trinajstić information content (AvgIpc) is 2.73. The van der Waals surface area contributed by atoms with E-state index in [2.05, 4.69) is 29.6 Å². The molecule has 3 rings (SSSR count). The lowest BCUT2D eigenvalue weighted by Gasteiger charge is -2.14. The summed E-state index contributed by atoms with van der Waals surface area (Å²) in [4.78, 5) is 11.6. The Morgan fingerprint density at radius 2 is 1.66 bits per heavy atom. The molecule has 0 aliphatic rings. The zero-order valence-electron chi connectivity index (χ0n) is 17.4. The summed E-state index contributed by atoms with van der Waals surface area (Å²) in [6, 6.07) is 19.8. The molecule has 0 saturated carbocycles. The van der Waals surface area contributed by atoms with Gasteiger partial charge in [-0.25, -0.2) is 9.97 Å². The molecule has 3 aromatic rings. The largest absolute Gasteiger partial charge is 0.492 e. The Balaban J connectivity index is 1.86. The van der Waals surface area contributed by atoms with Crippen molar-refractivity contribution in [1.82, 2.24) is 14.9 Å². The molecule has 0 spiro atoms. The van der Waals surface area contributed by atoms with Gasteiger partial charge in [-0.15, -0.1) is 0 Å². The molecular formula is C23H29N5O. The maximum Gasteiger partial charge on any atom is 0.163 e. The van der Waals surface area contributed by atoms with Gasteiger partial charge in [0.15, 0.2) is 5.82 Å². The minimum atomic E-state index is 0.608. The summed E-state index contributed by atoms with van der Waals surface area (Å²) in [6.45, 7) is 4.45. The number of nitrogens with one attached hydrogen (secondary N) is 2. The molecule has 6 heteroatoms. The van der Waals surface area contributed by atoms with Crippen LogP contribution in [0.2, 0.25) is 0 Å². The maximum absolute atomic E-state index is 5.73. The fourth-order valence-corrected chi connectivity index (χ4v) is 2.92. The zero-order chi connectivity index (χ0) is 20.5. The van der Waals surface area contributed by atoms with Crippen LogP contribution in [0.4, 0.5) is 17.3 Å². The Kier molecular flexibility index (Phi) is 7.41. The predicted octanol–water partition coefficient (Wildman–Crippen LogP) is 4.65. The third-order valence-corrected chi connectivity index (χ3v) is 4.30. The number of aromatic nitrogens is 2. The SMILES string of the molecule is CCOc1ccccc1Nc1cc(NCCCN(C)C)nc(-c2ccccc2)n1. The van der Waals surface area contributed by atoms with Gasteiger partial charge in [-0.05, 0) is 46.1 Å². The van der Waals surface area contributed by atoms with Crippen LogP contribution >= 0.6 is 0 Å². The van der Waals surface area contributed by atoms with E-state index in [4.69, 9.17) is 14.7 Å². The minimum absolute atomic E-state index is 0.608. The Hall–Kier alpha value is -3.12. The summed E-state index contributed by atoms with van der Waals surface area (Å²) in [5, 5.41) is 6.82. The summed E-state index contributed by atoms with van der Waals surface area (Å²) in [5.41, 5.74) is 1.86. The van der Waals surface area contributed by atoms with Crippen molar-refractivity contribution >= 4 is 17.3 Å². The van der Waals surface area contributed by atoms with E-state index in [0.717, 1.165) is 48.1 Å². The third kappa shape index (κ3) is 6.19. The molecule has 0 aliphatic carbocycles. The number of para-hydroxylation sites is 2. The summed E-state index contributed by atoms with van der Waals surface area (Å²) in [6.07, 6.45) is 1.04. The second kappa shape index (κ2) is 10.4. The highest BCUT2D eigenvalue weighted by Crippen LogP contribution is 2.28. The molecule has 6 nitrogen and oxygen atoms in total. The molecule has 29 heavy (non-hydrogen) atoms.